The summed E-state index contributed by atoms with van der Waals surface area (Å²) in [7, 11) is 0. The standard InChI is InChI=1S/C17H25ClN2O/c1-17(2,13-18)16(21)19-14-7-9-15(10-8-14)20-11-5-3-4-6-12-20/h7-10H,3-6,11-13H2,1-2H3,(H,19,21). The normalized spacial score (nSPS) is 16.4. The van der Waals surface area contributed by atoms with Crippen molar-refractivity contribution in [1.29, 1.82) is 0 Å². The number of benzene rings is 1. The van der Waals surface area contributed by atoms with Gasteiger partial charge in [0.2, 0.25) is 5.91 Å². The molecule has 1 aromatic rings. The Bertz CT molecular complexity index is 462. The van der Waals surface area contributed by atoms with E-state index in [1.165, 1.54) is 31.4 Å². The summed E-state index contributed by atoms with van der Waals surface area (Å²) in [5.74, 6) is 0.269. The molecular formula is C17H25ClN2O. The van der Waals surface area contributed by atoms with Gasteiger partial charge in [-0.05, 0) is 51.0 Å². The molecule has 0 radical (unpaired) electrons. The monoisotopic (exact) mass is 308 g/mol. The van der Waals surface area contributed by atoms with Crippen LogP contribution in [-0.2, 0) is 4.79 Å². The summed E-state index contributed by atoms with van der Waals surface area (Å²) in [6.45, 7) is 5.96. The van der Waals surface area contributed by atoms with Gasteiger partial charge < -0.3 is 10.2 Å². The number of anilines is 2. The quantitative estimate of drug-likeness (QED) is 0.842. The van der Waals surface area contributed by atoms with Crippen molar-refractivity contribution < 1.29 is 4.79 Å². The first-order valence-electron chi connectivity index (χ1n) is 7.75. The molecule has 21 heavy (non-hydrogen) atoms. The number of rotatable bonds is 4. The molecule has 1 aliphatic rings. The van der Waals surface area contributed by atoms with Crippen LogP contribution in [-0.4, -0.2) is 24.9 Å². The molecule has 0 spiro atoms. The molecule has 116 valence electrons. The Morgan fingerprint density at radius 2 is 1.71 bits per heavy atom. The van der Waals surface area contributed by atoms with Crippen molar-refractivity contribution in [3.63, 3.8) is 0 Å². The topological polar surface area (TPSA) is 32.3 Å². The third-order valence-electron chi connectivity index (χ3n) is 4.05. The Hall–Kier alpha value is -1.22. The molecule has 0 aliphatic carbocycles. The first kappa shape index (κ1) is 16.2. The third kappa shape index (κ3) is 4.37. The van der Waals surface area contributed by atoms with Gasteiger partial charge in [0.1, 0.15) is 0 Å². The Kier molecular flexibility index (Phi) is 5.51. The van der Waals surface area contributed by atoms with Crippen molar-refractivity contribution in [2.75, 3.05) is 29.2 Å². The van der Waals surface area contributed by atoms with Crippen molar-refractivity contribution in [3.05, 3.63) is 24.3 Å². The summed E-state index contributed by atoms with van der Waals surface area (Å²) < 4.78 is 0. The lowest BCUT2D eigenvalue weighted by Crippen LogP contribution is -2.32. The number of alkyl halides is 1. The molecule has 0 atom stereocenters. The molecule has 1 aliphatic heterocycles. The lowest BCUT2D eigenvalue weighted by molar-refractivity contribution is -0.122. The molecule has 0 unspecified atom stereocenters. The van der Waals surface area contributed by atoms with Crippen molar-refractivity contribution in [3.8, 4) is 0 Å². The highest BCUT2D eigenvalue weighted by Gasteiger charge is 2.26. The van der Waals surface area contributed by atoms with Gasteiger partial charge in [-0.3, -0.25) is 4.79 Å². The van der Waals surface area contributed by atoms with E-state index in [-0.39, 0.29) is 5.91 Å². The van der Waals surface area contributed by atoms with Gasteiger partial charge in [-0.2, -0.15) is 0 Å². The fourth-order valence-corrected chi connectivity index (χ4v) is 2.57. The number of nitrogens with one attached hydrogen (secondary N) is 1. The number of amides is 1. The first-order valence-corrected chi connectivity index (χ1v) is 8.29. The van der Waals surface area contributed by atoms with Gasteiger partial charge in [-0.15, -0.1) is 11.6 Å². The minimum atomic E-state index is -0.551. The van der Waals surface area contributed by atoms with Gasteiger partial charge >= 0.3 is 0 Å². The molecule has 0 saturated carbocycles. The Morgan fingerprint density at radius 1 is 1.14 bits per heavy atom. The third-order valence-corrected chi connectivity index (χ3v) is 4.71. The number of hydrogen-bond acceptors (Lipinski definition) is 2. The second kappa shape index (κ2) is 7.17. The van der Waals surface area contributed by atoms with E-state index in [1.54, 1.807) is 0 Å². The smallest absolute Gasteiger partial charge is 0.231 e. The molecule has 4 heteroatoms. The van der Waals surface area contributed by atoms with Crippen molar-refractivity contribution in [2.45, 2.75) is 39.5 Å². The molecule has 0 aromatic heterocycles. The van der Waals surface area contributed by atoms with Crippen LogP contribution in [0.1, 0.15) is 39.5 Å². The van der Waals surface area contributed by atoms with E-state index in [1.807, 2.05) is 26.0 Å². The summed E-state index contributed by atoms with van der Waals surface area (Å²) in [4.78, 5) is 14.5. The minimum absolute atomic E-state index is 0.0416. The highest BCUT2D eigenvalue weighted by atomic mass is 35.5. The summed E-state index contributed by atoms with van der Waals surface area (Å²) >= 11 is 5.83. The fourth-order valence-electron chi connectivity index (χ4n) is 2.45. The number of nitrogens with zero attached hydrogens (tertiary/aromatic N) is 1. The number of carbonyl (C=O) groups excluding carboxylic acids is 1. The van der Waals surface area contributed by atoms with E-state index >= 15 is 0 Å². The van der Waals surface area contributed by atoms with Gasteiger partial charge in [-0.25, -0.2) is 0 Å². The highest BCUT2D eigenvalue weighted by Crippen LogP contribution is 2.24. The predicted molar refractivity (Wildman–Crippen MR) is 90.3 cm³/mol. The molecule has 0 bridgehead atoms. The second-order valence-corrected chi connectivity index (χ2v) is 6.69. The van der Waals surface area contributed by atoms with E-state index in [0.717, 1.165) is 18.8 Å². The van der Waals surface area contributed by atoms with Crippen molar-refractivity contribution in [2.24, 2.45) is 5.41 Å². The van der Waals surface area contributed by atoms with Crippen LogP contribution in [0.2, 0.25) is 0 Å². The molecule has 1 aromatic carbocycles. The molecule has 1 N–H and O–H groups in total. The molecule has 3 nitrogen and oxygen atoms in total. The number of halogens is 1. The van der Waals surface area contributed by atoms with Crippen LogP contribution < -0.4 is 10.2 Å². The van der Waals surface area contributed by atoms with Crippen LogP contribution in [0.25, 0.3) is 0 Å². The average molecular weight is 309 g/mol. The summed E-state index contributed by atoms with van der Waals surface area (Å²) in [5.41, 5.74) is 1.52. The first-order chi connectivity index (χ1) is 10.0. The lowest BCUT2D eigenvalue weighted by Gasteiger charge is -2.23. The van der Waals surface area contributed by atoms with Crippen LogP contribution in [0, 0.1) is 5.41 Å². The van der Waals surface area contributed by atoms with Crippen LogP contribution in [0.4, 0.5) is 11.4 Å². The van der Waals surface area contributed by atoms with Crippen molar-refractivity contribution >= 4 is 28.9 Å². The molecule has 1 heterocycles. The van der Waals surface area contributed by atoms with Gasteiger partial charge in [0.15, 0.2) is 0 Å². The van der Waals surface area contributed by atoms with Crippen molar-refractivity contribution in [1.82, 2.24) is 0 Å². The number of carbonyl (C=O) groups is 1. The van der Waals surface area contributed by atoms with Gasteiger partial charge in [-0.1, -0.05) is 12.8 Å². The van der Waals surface area contributed by atoms with Gasteiger partial charge in [0.05, 0.1) is 5.41 Å². The zero-order valence-corrected chi connectivity index (χ0v) is 13.7. The zero-order valence-electron chi connectivity index (χ0n) is 13.0. The van der Waals surface area contributed by atoms with Crippen LogP contribution in [0.3, 0.4) is 0 Å². The zero-order chi connectivity index (χ0) is 15.3. The van der Waals surface area contributed by atoms with E-state index in [0.29, 0.717) is 5.88 Å². The average Bonchev–Trinajstić information content (AvgIpc) is 2.77. The van der Waals surface area contributed by atoms with Gasteiger partial charge in [0.25, 0.3) is 0 Å². The molecular weight excluding hydrogens is 284 g/mol. The van der Waals surface area contributed by atoms with Crippen LogP contribution in [0.15, 0.2) is 24.3 Å². The Balaban J connectivity index is 2.00. The van der Waals surface area contributed by atoms with Crippen LogP contribution >= 0.6 is 11.6 Å². The maximum Gasteiger partial charge on any atom is 0.231 e. The van der Waals surface area contributed by atoms with Gasteiger partial charge in [0, 0.05) is 30.3 Å². The maximum atomic E-state index is 12.1. The molecule has 2 rings (SSSR count). The fraction of sp³-hybridized carbons (Fsp3) is 0.588. The minimum Gasteiger partial charge on any atom is -0.372 e. The maximum absolute atomic E-state index is 12.1. The Morgan fingerprint density at radius 3 is 2.24 bits per heavy atom. The summed E-state index contributed by atoms with van der Waals surface area (Å²) in [6.07, 6.45) is 5.20. The summed E-state index contributed by atoms with van der Waals surface area (Å²) in [6, 6.07) is 8.13. The molecule has 1 fully saturated rings. The molecule has 1 amide bonds. The largest absolute Gasteiger partial charge is 0.372 e. The Labute approximate surface area is 132 Å². The second-order valence-electron chi connectivity index (χ2n) is 6.42. The highest BCUT2D eigenvalue weighted by molar-refractivity contribution is 6.20. The SMILES string of the molecule is CC(C)(CCl)C(=O)Nc1ccc(N2CCCCCC2)cc1. The van der Waals surface area contributed by atoms with E-state index in [2.05, 4.69) is 22.3 Å². The summed E-state index contributed by atoms with van der Waals surface area (Å²) in [5, 5.41) is 2.93. The predicted octanol–water partition coefficient (Wildman–Crippen LogP) is 4.27. The van der Waals surface area contributed by atoms with Crippen LogP contribution in [0.5, 0.6) is 0 Å². The molecule has 1 saturated heterocycles. The van der Waals surface area contributed by atoms with E-state index in [4.69, 9.17) is 11.6 Å². The number of hydrogen-bond donors (Lipinski definition) is 1. The van der Waals surface area contributed by atoms with E-state index in [9.17, 15) is 4.79 Å². The lowest BCUT2D eigenvalue weighted by atomic mass is 9.95. The van der Waals surface area contributed by atoms with E-state index < -0.39 is 5.41 Å².